The van der Waals surface area contributed by atoms with Crippen LogP contribution in [0.1, 0.15) is 252 Å². The first-order valence-electron chi connectivity index (χ1n) is 31.9. The third-order valence-electron chi connectivity index (χ3n) is 13.9. The van der Waals surface area contributed by atoms with E-state index in [0.29, 0.717) is 19.3 Å². The van der Waals surface area contributed by atoms with Crippen LogP contribution < -0.4 is 0 Å². The van der Waals surface area contributed by atoms with Crippen molar-refractivity contribution in [3.8, 4) is 0 Å². The SMILES string of the molecule is CC/C=C\C/C=C\C/C=C\C/C=C\C/C=C\CC(=O)OC(COC(=O)CCCCCCCCCCCCCCCCCCCCC)COC1OC(C(=O)O)C(O)C(O)C1OC(=O)CCCCCC/C=C\C/C=C\C/C=C\C/C=C\CC. The summed E-state index contributed by atoms with van der Waals surface area (Å²) in [6, 6.07) is 0. The van der Waals surface area contributed by atoms with Crippen LogP contribution in [0.2, 0.25) is 0 Å². The first-order valence-corrected chi connectivity index (χ1v) is 31.9. The minimum absolute atomic E-state index is 0.0177. The molecule has 0 aliphatic carbocycles. The van der Waals surface area contributed by atoms with Crippen LogP contribution in [0, 0.1) is 0 Å². The van der Waals surface area contributed by atoms with Gasteiger partial charge in [-0.05, 0) is 83.5 Å². The van der Waals surface area contributed by atoms with Crippen LogP contribution >= 0.6 is 0 Å². The molecule has 12 heteroatoms. The van der Waals surface area contributed by atoms with Gasteiger partial charge in [0, 0.05) is 12.8 Å². The fourth-order valence-corrected chi connectivity index (χ4v) is 9.08. The van der Waals surface area contributed by atoms with Crippen LogP contribution in [0.15, 0.2) is 109 Å². The predicted octanol–water partition coefficient (Wildman–Crippen LogP) is 17.0. The summed E-state index contributed by atoms with van der Waals surface area (Å²) in [6.07, 6.45) is 63.7. The Balaban J connectivity index is 2.71. The highest BCUT2D eigenvalue weighted by atomic mass is 16.7. The van der Waals surface area contributed by atoms with Crippen LogP contribution in [0.5, 0.6) is 0 Å². The Morgan fingerprint density at radius 2 is 0.815 bits per heavy atom. The fraction of sp³-hybridized carbons (Fsp3) is 0.681. The zero-order valence-corrected chi connectivity index (χ0v) is 50.7. The molecule has 6 atom stereocenters. The maximum atomic E-state index is 13.1. The van der Waals surface area contributed by atoms with Crippen LogP contribution in [0.25, 0.3) is 0 Å². The third-order valence-corrected chi connectivity index (χ3v) is 13.9. The number of carboxylic acids is 1. The second kappa shape index (κ2) is 55.9. The summed E-state index contributed by atoms with van der Waals surface area (Å²) in [6.45, 7) is 5.69. The molecule has 0 bridgehead atoms. The van der Waals surface area contributed by atoms with Crippen molar-refractivity contribution in [1.29, 1.82) is 0 Å². The molecular weight excluding hydrogens is 1020 g/mol. The van der Waals surface area contributed by atoms with Gasteiger partial charge in [-0.3, -0.25) is 14.4 Å². The normalized spacial score (nSPS) is 18.5. The van der Waals surface area contributed by atoms with Gasteiger partial charge in [0.15, 0.2) is 24.6 Å². The van der Waals surface area contributed by atoms with Crippen molar-refractivity contribution in [3.05, 3.63) is 109 Å². The number of aliphatic hydroxyl groups is 2. The lowest BCUT2D eigenvalue weighted by molar-refractivity contribution is -0.301. The number of aliphatic carboxylic acids is 1. The number of unbranched alkanes of at least 4 members (excludes halogenated alkanes) is 22. The monoisotopic (exact) mass is 1130 g/mol. The molecule has 1 aliphatic heterocycles. The van der Waals surface area contributed by atoms with E-state index in [1.54, 1.807) is 6.08 Å². The molecule has 6 unspecified atom stereocenters. The number of esters is 3. The van der Waals surface area contributed by atoms with Crippen LogP contribution in [0.3, 0.4) is 0 Å². The lowest BCUT2D eigenvalue weighted by atomic mass is 9.98. The van der Waals surface area contributed by atoms with Crippen molar-refractivity contribution in [1.82, 2.24) is 0 Å². The molecule has 3 N–H and O–H groups in total. The van der Waals surface area contributed by atoms with Gasteiger partial charge in [0.05, 0.1) is 13.0 Å². The molecule has 0 radical (unpaired) electrons. The van der Waals surface area contributed by atoms with Gasteiger partial charge in [0.25, 0.3) is 0 Å². The van der Waals surface area contributed by atoms with Crippen molar-refractivity contribution in [3.63, 3.8) is 0 Å². The zero-order chi connectivity index (χ0) is 58.9. The molecule has 1 rings (SSSR count). The molecule has 81 heavy (non-hydrogen) atoms. The third kappa shape index (κ3) is 45.6. The number of rotatable bonds is 53. The standard InChI is InChI=1S/C69H112O12/c1-4-7-10-13-16-19-22-25-28-30-31-33-35-37-40-43-46-49-52-55-61(70)77-58-60(79-62(71)56-53-50-47-44-41-38-34-27-24-21-18-15-12-9-6-3)59-78-69-67(65(74)64(73)66(81-69)68(75)76)80-63(72)57-54-51-48-45-42-39-36-32-29-26-23-20-17-14-11-8-5-2/h8-9,11-12,17-18,20-21,26-27,29,34,36,39,41,44,50,53,60,64-67,69,73-74H,4-7,10,13-16,19,22-25,28,30-33,35,37-38,40,42-43,45-49,51-52,54-59H2,1-3H3,(H,75,76)/b11-8-,12-9-,20-17-,21-18-,29-26-,34-27-,39-36-,44-41-,53-50-. The molecule has 460 valence electrons. The minimum Gasteiger partial charge on any atom is -0.479 e. The summed E-state index contributed by atoms with van der Waals surface area (Å²) in [5.74, 6) is -3.32. The van der Waals surface area contributed by atoms with Gasteiger partial charge >= 0.3 is 23.9 Å². The van der Waals surface area contributed by atoms with E-state index in [1.807, 2.05) is 12.2 Å². The largest absolute Gasteiger partial charge is 0.479 e. The number of carboxylic acid groups (broad SMARTS) is 1. The van der Waals surface area contributed by atoms with Gasteiger partial charge in [0.1, 0.15) is 18.8 Å². The minimum atomic E-state index is -1.93. The molecule has 12 nitrogen and oxygen atoms in total. The van der Waals surface area contributed by atoms with Crippen LogP contribution in [-0.4, -0.2) is 89.2 Å². The molecular formula is C69H112O12. The second-order valence-corrected chi connectivity index (χ2v) is 21.3. The fourth-order valence-electron chi connectivity index (χ4n) is 9.08. The summed E-state index contributed by atoms with van der Waals surface area (Å²) in [5, 5.41) is 31.5. The summed E-state index contributed by atoms with van der Waals surface area (Å²) < 4.78 is 28.3. The number of carbonyl (C=O) groups excluding carboxylic acids is 3. The van der Waals surface area contributed by atoms with Crippen molar-refractivity contribution >= 4 is 23.9 Å². The zero-order valence-electron chi connectivity index (χ0n) is 50.7. The molecule has 0 aromatic heterocycles. The number of carbonyl (C=O) groups is 4. The summed E-state index contributed by atoms with van der Waals surface area (Å²) in [4.78, 5) is 51.2. The number of hydrogen-bond acceptors (Lipinski definition) is 11. The Kier molecular flexibility index (Phi) is 51.3. The highest BCUT2D eigenvalue weighted by Gasteiger charge is 2.50. The molecule has 0 saturated carbocycles. The summed E-state index contributed by atoms with van der Waals surface area (Å²) >= 11 is 0. The van der Waals surface area contributed by atoms with Crippen LogP contribution in [0.4, 0.5) is 0 Å². The van der Waals surface area contributed by atoms with Crippen molar-refractivity contribution in [2.45, 2.75) is 289 Å². The van der Waals surface area contributed by atoms with E-state index in [0.717, 1.165) is 96.3 Å². The van der Waals surface area contributed by atoms with Gasteiger partial charge in [-0.25, -0.2) is 4.79 Å². The maximum Gasteiger partial charge on any atom is 0.335 e. The van der Waals surface area contributed by atoms with E-state index in [2.05, 4.69) is 112 Å². The van der Waals surface area contributed by atoms with Gasteiger partial charge in [0.2, 0.25) is 0 Å². The van der Waals surface area contributed by atoms with Crippen LogP contribution in [-0.2, 0) is 42.9 Å². The van der Waals surface area contributed by atoms with Gasteiger partial charge in [-0.1, -0.05) is 259 Å². The molecule has 0 spiro atoms. The first-order chi connectivity index (χ1) is 39.6. The Morgan fingerprint density at radius 3 is 1.25 bits per heavy atom. The average molecular weight is 1130 g/mol. The smallest absolute Gasteiger partial charge is 0.335 e. The number of ether oxygens (including phenoxy) is 5. The topological polar surface area (TPSA) is 175 Å². The molecule has 1 aliphatic rings. The molecule has 0 aromatic carbocycles. The lowest BCUT2D eigenvalue weighted by Gasteiger charge is -2.40. The van der Waals surface area contributed by atoms with Crippen molar-refractivity contribution in [2.24, 2.45) is 0 Å². The summed E-state index contributed by atoms with van der Waals surface area (Å²) in [5.41, 5.74) is 0. The van der Waals surface area contributed by atoms with E-state index in [9.17, 15) is 34.5 Å². The number of hydrogen-bond donors (Lipinski definition) is 3. The predicted molar refractivity (Wildman–Crippen MR) is 330 cm³/mol. The Bertz CT molecular complexity index is 1820. The average Bonchev–Trinajstić information content (AvgIpc) is 3.53. The number of allylic oxidation sites excluding steroid dienone is 17. The highest BCUT2D eigenvalue weighted by molar-refractivity contribution is 5.74. The Morgan fingerprint density at radius 1 is 0.432 bits per heavy atom. The quantitative estimate of drug-likeness (QED) is 0.0228. The van der Waals surface area contributed by atoms with E-state index < -0.39 is 67.3 Å². The van der Waals surface area contributed by atoms with E-state index >= 15 is 0 Å². The molecule has 1 heterocycles. The molecule has 0 aromatic rings. The van der Waals surface area contributed by atoms with Crippen molar-refractivity contribution < 1.29 is 58.2 Å². The van der Waals surface area contributed by atoms with E-state index in [1.165, 1.54) is 96.3 Å². The van der Waals surface area contributed by atoms with Crippen molar-refractivity contribution in [2.75, 3.05) is 13.2 Å². The molecule has 1 saturated heterocycles. The number of aliphatic hydroxyl groups excluding tert-OH is 2. The second-order valence-electron chi connectivity index (χ2n) is 21.3. The van der Waals surface area contributed by atoms with Gasteiger partial charge in [-0.2, -0.15) is 0 Å². The van der Waals surface area contributed by atoms with Gasteiger partial charge in [-0.15, -0.1) is 0 Å². The maximum absolute atomic E-state index is 13.1. The van der Waals surface area contributed by atoms with E-state index in [-0.39, 0.29) is 25.9 Å². The highest BCUT2D eigenvalue weighted by Crippen LogP contribution is 2.26. The summed E-state index contributed by atoms with van der Waals surface area (Å²) in [7, 11) is 0. The first kappa shape index (κ1) is 74.4. The van der Waals surface area contributed by atoms with E-state index in [4.69, 9.17) is 23.7 Å². The molecule has 1 fully saturated rings. The Hall–Kier alpha value is -4.62. The molecule has 0 amide bonds. The lowest BCUT2D eigenvalue weighted by Crippen LogP contribution is -2.61. The Labute approximate surface area is 491 Å². The van der Waals surface area contributed by atoms with Gasteiger partial charge < -0.3 is 39.0 Å².